The minimum atomic E-state index is -0.395. The van der Waals surface area contributed by atoms with E-state index in [1.54, 1.807) is 49.6 Å². The van der Waals surface area contributed by atoms with Crippen molar-refractivity contribution in [2.75, 3.05) is 23.5 Å². The number of hydrogen-bond donors (Lipinski definition) is 2. The average molecular weight is 410 g/mol. The fourth-order valence-electron chi connectivity index (χ4n) is 2.49. The highest BCUT2D eigenvalue weighted by Crippen LogP contribution is 2.23. The molecule has 0 aliphatic carbocycles. The Morgan fingerprint density at radius 1 is 0.931 bits per heavy atom. The van der Waals surface area contributed by atoms with E-state index in [-0.39, 0.29) is 17.6 Å². The summed E-state index contributed by atoms with van der Waals surface area (Å²) in [5, 5.41) is 5.59. The van der Waals surface area contributed by atoms with E-state index in [0.29, 0.717) is 16.9 Å². The van der Waals surface area contributed by atoms with Gasteiger partial charge in [0, 0.05) is 21.8 Å². The summed E-state index contributed by atoms with van der Waals surface area (Å²) in [6.45, 7) is 0. The third-order valence-electron chi connectivity index (χ3n) is 3.94. The van der Waals surface area contributed by atoms with E-state index >= 15 is 0 Å². The van der Waals surface area contributed by atoms with Gasteiger partial charge in [-0.3, -0.25) is 9.59 Å². The smallest absolute Gasteiger partial charge is 0.255 e. The lowest BCUT2D eigenvalue weighted by molar-refractivity contribution is -0.113. The van der Waals surface area contributed by atoms with Crippen LogP contribution in [0.15, 0.2) is 77.7 Å². The number of carbonyl (C=O) groups excluding carboxylic acids is 2. The summed E-state index contributed by atoms with van der Waals surface area (Å²) in [6.07, 6.45) is 0. The van der Waals surface area contributed by atoms with Crippen molar-refractivity contribution in [3.63, 3.8) is 0 Å². The van der Waals surface area contributed by atoms with E-state index in [9.17, 15) is 14.0 Å². The second kappa shape index (κ2) is 9.75. The number of methoxy groups -OCH3 is 1. The highest BCUT2D eigenvalue weighted by molar-refractivity contribution is 8.00. The predicted octanol–water partition coefficient (Wildman–Crippen LogP) is 4.82. The molecule has 2 N–H and O–H groups in total. The van der Waals surface area contributed by atoms with Crippen LogP contribution in [0.25, 0.3) is 0 Å². The molecule has 3 aromatic rings. The number of amides is 2. The molecule has 0 unspecified atom stereocenters. The quantitative estimate of drug-likeness (QED) is 0.548. The molecular weight excluding hydrogens is 391 g/mol. The molecule has 7 heteroatoms. The summed E-state index contributed by atoms with van der Waals surface area (Å²) in [6, 6.07) is 19.6. The summed E-state index contributed by atoms with van der Waals surface area (Å²) in [5.41, 5.74) is 1.65. The fourth-order valence-corrected chi connectivity index (χ4v) is 3.24. The van der Waals surface area contributed by atoms with Crippen LogP contribution in [0.4, 0.5) is 15.8 Å². The van der Waals surface area contributed by atoms with E-state index in [1.165, 1.54) is 36.0 Å². The Hall–Kier alpha value is -3.32. The maximum Gasteiger partial charge on any atom is 0.255 e. The monoisotopic (exact) mass is 410 g/mol. The van der Waals surface area contributed by atoms with Crippen molar-refractivity contribution in [2.45, 2.75) is 4.90 Å². The summed E-state index contributed by atoms with van der Waals surface area (Å²) in [7, 11) is 1.58. The van der Waals surface area contributed by atoms with Gasteiger partial charge >= 0.3 is 0 Å². The van der Waals surface area contributed by atoms with Crippen LogP contribution >= 0.6 is 11.8 Å². The average Bonchev–Trinajstić information content (AvgIpc) is 2.73. The van der Waals surface area contributed by atoms with Crippen molar-refractivity contribution < 1.29 is 18.7 Å². The minimum absolute atomic E-state index is 0.138. The van der Waals surface area contributed by atoms with Crippen LogP contribution in [-0.2, 0) is 4.79 Å². The summed E-state index contributed by atoms with van der Waals surface area (Å²) < 4.78 is 18.1. The molecule has 0 aliphatic heterocycles. The highest BCUT2D eigenvalue weighted by Gasteiger charge is 2.08. The van der Waals surface area contributed by atoms with Gasteiger partial charge in [0.25, 0.3) is 5.91 Å². The molecule has 2 amide bonds. The van der Waals surface area contributed by atoms with E-state index in [1.807, 2.05) is 6.07 Å². The van der Waals surface area contributed by atoms with Crippen molar-refractivity contribution in [2.24, 2.45) is 0 Å². The molecule has 3 rings (SSSR count). The summed E-state index contributed by atoms with van der Waals surface area (Å²) >= 11 is 1.36. The maximum absolute atomic E-state index is 13.0. The standard InChI is InChI=1S/C22H19FN2O3S/c1-28-19-11-9-17(10-12-19)24-21(26)14-29-20-4-2-3-18(13-20)25-22(27)15-5-7-16(23)8-6-15/h2-13H,14H2,1H3,(H,24,26)(H,25,27). The number of carbonyl (C=O) groups is 2. The Bertz CT molecular complexity index is 992. The van der Waals surface area contributed by atoms with Crippen molar-refractivity contribution in [3.8, 4) is 5.75 Å². The Balaban J connectivity index is 1.54. The number of ether oxygens (including phenoxy) is 1. The van der Waals surface area contributed by atoms with Gasteiger partial charge in [0.05, 0.1) is 12.9 Å². The van der Waals surface area contributed by atoms with E-state index in [0.717, 1.165) is 10.6 Å². The van der Waals surface area contributed by atoms with Gasteiger partial charge in [-0.1, -0.05) is 6.07 Å². The first-order valence-corrected chi connectivity index (χ1v) is 9.76. The Morgan fingerprint density at radius 2 is 1.66 bits per heavy atom. The van der Waals surface area contributed by atoms with Crippen LogP contribution in [0.3, 0.4) is 0 Å². The van der Waals surface area contributed by atoms with Crippen molar-refractivity contribution in [1.82, 2.24) is 0 Å². The molecule has 0 radical (unpaired) electrons. The molecule has 0 saturated carbocycles. The topological polar surface area (TPSA) is 67.4 Å². The number of nitrogens with one attached hydrogen (secondary N) is 2. The fraction of sp³-hybridized carbons (Fsp3) is 0.0909. The maximum atomic E-state index is 13.0. The number of benzene rings is 3. The van der Waals surface area contributed by atoms with E-state index in [4.69, 9.17) is 4.74 Å². The Labute approximate surface area is 172 Å². The van der Waals surface area contributed by atoms with Crippen LogP contribution in [0.5, 0.6) is 5.75 Å². The molecule has 148 valence electrons. The van der Waals surface area contributed by atoms with Crippen molar-refractivity contribution in [1.29, 1.82) is 0 Å². The molecule has 0 bridgehead atoms. The molecule has 29 heavy (non-hydrogen) atoms. The Kier molecular flexibility index (Phi) is 6.86. The molecule has 3 aromatic carbocycles. The zero-order chi connectivity index (χ0) is 20.6. The van der Waals surface area contributed by atoms with Crippen LogP contribution < -0.4 is 15.4 Å². The van der Waals surface area contributed by atoms with Gasteiger partial charge < -0.3 is 15.4 Å². The summed E-state index contributed by atoms with van der Waals surface area (Å²) in [4.78, 5) is 25.2. The molecule has 0 saturated heterocycles. The molecular formula is C22H19FN2O3S. The molecule has 0 spiro atoms. The zero-order valence-corrected chi connectivity index (χ0v) is 16.5. The molecule has 0 heterocycles. The van der Waals surface area contributed by atoms with Gasteiger partial charge in [-0.05, 0) is 66.7 Å². The third kappa shape index (κ3) is 6.08. The second-order valence-corrected chi connectivity index (χ2v) is 7.10. The lowest BCUT2D eigenvalue weighted by atomic mass is 10.2. The lowest BCUT2D eigenvalue weighted by Gasteiger charge is -2.08. The number of thioether (sulfide) groups is 1. The van der Waals surface area contributed by atoms with Crippen LogP contribution in [0, 0.1) is 5.82 Å². The zero-order valence-electron chi connectivity index (χ0n) is 15.6. The first-order chi connectivity index (χ1) is 14.0. The van der Waals surface area contributed by atoms with E-state index < -0.39 is 5.82 Å². The van der Waals surface area contributed by atoms with E-state index in [2.05, 4.69) is 10.6 Å². The minimum Gasteiger partial charge on any atom is -0.497 e. The molecule has 0 aliphatic rings. The number of rotatable bonds is 7. The molecule has 0 aromatic heterocycles. The summed E-state index contributed by atoms with van der Waals surface area (Å²) in [5.74, 6) is 0.0801. The van der Waals surface area contributed by atoms with Gasteiger partial charge in [-0.2, -0.15) is 0 Å². The van der Waals surface area contributed by atoms with Crippen molar-refractivity contribution >= 4 is 35.0 Å². The van der Waals surface area contributed by atoms with Crippen molar-refractivity contribution in [3.05, 3.63) is 84.2 Å². The van der Waals surface area contributed by atoms with Crippen LogP contribution in [0.1, 0.15) is 10.4 Å². The molecule has 0 fully saturated rings. The normalized spacial score (nSPS) is 10.3. The largest absolute Gasteiger partial charge is 0.497 e. The molecule has 5 nitrogen and oxygen atoms in total. The molecule has 0 atom stereocenters. The predicted molar refractivity (Wildman–Crippen MR) is 113 cm³/mol. The number of halogens is 1. The van der Waals surface area contributed by atoms with Crippen LogP contribution in [0.2, 0.25) is 0 Å². The van der Waals surface area contributed by atoms with Crippen LogP contribution in [-0.4, -0.2) is 24.7 Å². The second-order valence-electron chi connectivity index (χ2n) is 6.05. The number of anilines is 2. The third-order valence-corrected chi connectivity index (χ3v) is 4.94. The van der Waals surface area contributed by atoms with Gasteiger partial charge in [0.1, 0.15) is 11.6 Å². The first kappa shape index (κ1) is 20.4. The Morgan fingerprint density at radius 3 is 2.34 bits per heavy atom. The highest BCUT2D eigenvalue weighted by atomic mass is 32.2. The van der Waals surface area contributed by atoms with Gasteiger partial charge in [0.2, 0.25) is 5.91 Å². The lowest BCUT2D eigenvalue weighted by Crippen LogP contribution is -2.14. The first-order valence-electron chi connectivity index (χ1n) is 8.77. The van der Waals surface area contributed by atoms with Gasteiger partial charge in [-0.15, -0.1) is 11.8 Å². The van der Waals surface area contributed by atoms with Gasteiger partial charge in [0.15, 0.2) is 0 Å². The number of hydrogen-bond acceptors (Lipinski definition) is 4. The SMILES string of the molecule is COc1ccc(NC(=O)CSc2cccc(NC(=O)c3ccc(F)cc3)c2)cc1. The van der Waals surface area contributed by atoms with Gasteiger partial charge in [-0.25, -0.2) is 4.39 Å².